The van der Waals surface area contributed by atoms with Crippen molar-refractivity contribution in [2.24, 2.45) is 0 Å². The van der Waals surface area contributed by atoms with Crippen molar-refractivity contribution in [1.82, 2.24) is 9.97 Å². The third kappa shape index (κ3) is 4.67. The zero-order valence-corrected chi connectivity index (χ0v) is 12.3. The van der Waals surface area contributed by atoms with Gasteiger partial charge in [-0.15, -0.1) is 0 Å². The summed E-state index contributed by atoms with van der Waals surface area (Å²) in [5.74, 6) is -0.00822. The number of nitrogens with zero attached hydrogens (tertiary/aromatic N) is 2. The number of hydrogen-bond donors (Lipinski definition) is 2. The van der Waals surface area contributed by atoms with Crippen LogP contribution in [0.4, 0.5) is 24.7 Å². The van der Waals surface area contributed by atoms with Crippen molar-refractivity contribution >= 4 is 17.4 Å². The molecule has 0 aliphatic heterocycles. The van der Waals surface area contributed by atoms with E-state index in [2.05, 4.69) is 20.6 Å². The van der Waals surface area contributed by atoms with Crippen molar-refractivity contribution in [3.8, 4) is 0 Å². The lowest BCUT2D eigenvalue weighted by atomic mass is 10.2. The van der Waals surface area contributed by atoms with Crippen molar-refractivity contribution < 1.29 is 18.0 Å². The van der Waals surface area contributed by atoms with Gasteiger partial charge in [-0.2, -0.15) is 13.2 Å². The van der Waals surface area contributed by atoms with E-state index in [1.807, 2.05) is 6.92 Å². The summed E-state index contributed by atoms with van der Waals surface area (Å²) >= 11 is 0. The van der Waals surface area contributed by atoms with Crippen molar-refractivity contribution in [2.75, 3.05) is 17.2 Å². The fourth-order valence-electron chi connectivity index (χ4n) is 1.77. The Labute approximate surface area is 131 Å². The molecule has 2 rings (SSSR count). The van der Waals surface area contributed by atoms with E-state index >= 15 is 0 Å². The fourth-order valence-corrected chi connectivity index (χ4v) is 1.77. The number of nitrogens with one attached hydrogen (secondary N) is 2. The van der Waals surface area contributed by atoms with Gasteiger partial charge < -0.3 is 10.6 Å². The average molecular weight is 324 g/mol. The zero-order valence-electron chi connectivity index (χ0n) is 12.3. The first kappa shape index (κ1) is 16.7. The third-order valence-corrected chi connectivity index (χ3v) is 2.93. The molecule has 1 aromatic heterocycles. The number of carbonyl (C=O) groups is 1. The van der Waals surface area contributed by atoms with Crippen LogP contribution in [-0.4, -0.2) is 22.4 Å². The third-order valence-electron chi connectivity index (χ3n) is 2.93. The summed E-state index contributed by atoms with van der Waals surface area (Å²) in [6.45, 7) is 2.70. The lowest BCUT2D eigenvalue weighted by Gasteiger charge is -2.09. The van der Waals surface area contributed by atoms with Gasteiger partial charge in [0, 0.05) is 18.3 Å². The summed E-state index contributed by atoms with van der Waals surface area (Å²) in [6.07, 6.45) is -2.26. The number of benzene rings is 1. The van der Waals surface area contributed by atoms with E-state index in [4.69, 9.17) is 0 Å². The van der Waals surface area contributed by atoms with E-state index in [1.165, 1.54) is 24.5 Å². The van der Waals surface area contributed by atoms with E-state index in [1.54, 1.807) is 0 Å². The molecule has 1 amide bonds. The second kappa shape index (κ2) is 7.08. The summed E-state index contributed by atoms with van der Waals surface area (Å²) in [5.41, 5.74) is -0.397. The van der Waals surface area contributed by atoms with Crippen LogP contribution in [0.1, 0.15) is 29.4 Å². The first-order chi connectivity index (χ1) is 10.9. The van der Waals surface area contributed by atoms with Gasteiger partial charge >= 0.3 is 6.18 Å². The molecule has 0 unspecified atom stereocenters. The van der Waals surface area contributed by atoms with Gasteiger partial charge in [0.25, 0.3) is 5.91 Å². The average Bonchev–Trinajstić information content (AvgIpc) is 2.53. The van der Waals surface area contributed by atoms with Crippen LogP contribution in [-0.2, 0) is 6.18 Å². The van der Waals surface area contributed by atoms with Gasteiger partial charge in [-0.3, -0.25) is 4.79 Å². The summed E-state index contributed by atoms with van der Waals surface area (Å²) < 4.78 is 37.4. The normalized spacial score (nSPS) is 11.1. The minimum Gasteiger partial charge on any atom is -0.370 e. The van der Waals surface area contributed by atoms with Crippen LogP contribution in [0.25, 0.3) is 0 Å². The molecule has 5 nitrogen and oxygen atoms in total. The van der Waals surface area contributed by atoms with Crippen molar-refractivity contribution in [2.45, 2.75) is 19.5 Å². The van der Waals surface area contributed by atoms with Crippen molar-refractivity contribution in [3.63, 3.8) is 0 Å². The van der Waals surface area contributed by atoms with Crippen LogP contribution in [0.15, 0.2) is 36.7 Å². The minimum atomic E-state index is -4.41. The number of anilines is 2. The minimum absolute atomic E-state index is 0.124. The molecular formula is C15H15F3N4O. The maximum Gasteiger partial charge on any atom is 0.416 e. The first-order valence-electron chi connectivity index (χ1n) is 6.94. The van der Waals surface area contributed by atoms with E-state index < -0.39 is 17.6 Å². The summed E-state index contributed by atoms with van der Waals surface area (Å²) in [4.78, 5) is 19.9. The van der Waals surface area contributed by atoms with E-state index in [0.29, 0.717) is 12.4 Å². The Morgan fingerprint density at radius 2 is 1.87 bits per heavy atom. The topological polar surface area (TPSA) is 66.9 Å². The number of carbonyl (C=O) groups excluding carboxylic acids is 1. The predicted octanol–water partition coefficient (Wildman–Crippen LogP) is 3.57. The molecule has 0 fully saturated rings. The standard InChI is InChI=1S/C15H15F3N4O/c1-2-7-19-13-8-12(20-9-21-13)14(23)22-11-5-3-10(4-6-11)15(16,17)18/h3-6,8-9H,2,7H2,1H3,(H,22,23)(H,19,20,21). The molecule has 8 heteroatoms. The molecule has 0 spiro atoms. The molecule has 1 heterocycles. The molecule has 0 bridgehead atoms. The highest BCUT2D eigenvalue weighted by atomic mass is 19.4. The van der Waals surface area contributed by atoms with Gasteiger partial charge in [0.05, 0.1) is 5.56 Å². The van der Waals surface area contributed by atoms with Crippen LogP contribution >= 0.6 is 0 Å². The molecule has 0 atom stereocenters. The largest absolute Gasteiger partial charge is 0.416 e. The number of aromatic nitrogens is 2. The molecule has 2 N–H and O–H groups in total. The Bertz CT molecular complexity index is 671. The number of halogens is 3. The molecule has 0 saturated heterocycles. The van der Waals surface area contributed by atoms with Crippen LogP contribution in [0.3, 0.4) is 0 Å². The second-order valence-electron chi connectivity index (χ2n) is 4.74. The molecule has 23 heavy (non-hydrogen) atoms. The van der Waals surface area contributed by atoms with Gasteiger partial charge in [0.15, 0.2) is 0 Å². The maximum absolute atomic E-state index is 12.5. The number of alkyl halides is 3. The van der Waals surface area contributed by atoms with Crippen LogP contribution in [0.5, 0.6) is 0 Å². The zero-order chi connectivity index (χ0) is 16.9. The van der Waals surface area contributed by atoms with E-state index in [0.717, 1.165) is 18.6 Å². The molecular weight excluding hydrogens is 309 g/mol. The van der Waals surface area contributed by atoms with Crippen LogP contribution in [0, 0.1) is 0 Å². The number of amides is 1. The highest BCUT2D eigenvalue weighted by Crippen LogP contribution is 2.29. The monoisotopic (exact) mass is 324 g/mol. The Hall–Kier alpha value is -2.64. The van der Waals surface area contributed by atoms with E-state index in [9.17, 15) is 18.0 Å². The smallest absolute Gasteiger partial charge is 0.370 e. The fraction of sp³-hybridized carbons (Fsp3) is 0.267. The van der Waals surface area contributed by atoms with E-state index in [-0.39, 0.29) is 11.4 Å². The Morgan fingerprint density at radius 3 is 2.48 bits per heavy atom. The molecule has 122 valence electrons. The molecule has 1 aromatic carbocycles. The molecule has 0 saturated carbocycles. The second-order valence-corrected chi connectivity index (χ2v) is 4.74. The van der Waals surface area contributed by atoms with Crippen molar-refractivity contribution in [3.05, 3.63) is 47.9 Å². The first-order valence-corrected chi connectivity index (χ1v) is 6.94. The lowest BCUT2D eigenvalue weighted by Crippen LogP contribution is -2.15. The molecule has 0 aliphatic rings. The Kier molecular flexibility index (Phi) is 5.15. The molecule has 0 aliphatic carbocycles. The molecule has 2 aromatic rings. The highest BCUT2D eigenvalue weighted by Gasteiger charge is 2.30. The van der Waals surface area contributed by atoms with Gasteiger partial charge in [-0.1, -0.05) is 6.92 Å². The SMILES string of the molecule is CCCNc1cc(C(=O)Nc2ccc(C(F)(F)F)cc2)ncn1. The quantitative estimate of drug-likeness (QED) is 0.882. The van der Waals surface area contributed by atoms with Gasteiger partial charge in [-0.25, -0.2) is 9.97 Å². The predicted molar refractivity (Wildman–Crippen MR) is 80.2 cm³/mol. The van der Waals surface area contributed by atoms with Crippen LogP contribution < -0.4 is 10.6 Å². The maximum atomic E-state index is 12.5. The molecule has 0 radical (unpaired) electrons. The number of rotatable bonds is 5. The highest BCUT2D eigenvalue weighted by molar-refractivity contribution is 6.03. The van der Waals surface area contributed by atoms with Gasteiger partial charge in [0.1, 0.15) is 17.8 Å². The van der Waals surface area contributed by atoms with Crippen LogP contribution in [0.2, 0.25) is 0 Å². The van der Waals surface area contributed by atoms with Crippen molar-refractivity contribution in [1.29, 1.82) is 0 Å². The number of hydrogen-bond acceptors (Lipinski definition) is 4. The summed E-state index contributed by atoms with van der Waals surface area (Å²) in [5, 5.41) is 5.52. The van der Waals surface area contributed by atoms with Gasteiger partial charge in [-0.05, 0) is 30.7 Å². The Balaban J connectivity index is 2.07. The van der Waals surface area contributed by atoms with Gasteiger partial charge in [0.2, 0.25) is 0 Å². The lowest BCUT2D eigenvalue weighted by molar-refractivity contribution is -0.137. The summed E-state index contributed by atoms with van der Waals surface area (Å²) in [7, 11) is 0. The Morgan fingerprint density at radius 1 is 1.17 bits per heavy atom. The summed E-state index contributed by atoms with van der Waals surface area (Å²) in [6, 6.07) is 5.68.